The van der Waals surface area contributed by atoms with Crippen LogP contribution in [-0.4, -0.2) is 5.38 Å². The Balaban J connectivity index is 2.40. The van der Waals surface area contributed by atoms with E-state index >= 15 is 0 Å². The minimum atomic E-state index is -0.144. The molecule has 2 unspecified atom stereocenters. The van der Waals surface area contributed by atoms with Crippen LogP contribution in [0.4, 0.5) is 4.39 Å². The molecule has 1 saturated carbocycles. The summed E-state index contributed by atoms with van der Waals surface area (Å²) < 4.78 is 13.2. The topological polar surface area (TPSA) is 0 Å². The molecule has 0 heterocycles. The SMILES string of the molecule is Cc1ccc(F)cc1C1(C)CCC(Cl)C1. The fourth-order valence-corrected chi connectivity index (χ4v) is 3.11. The van der Waals surface area contributed by atoms with Gasteiger partial charge in [0.15, 0.2) is 0 Å². The van der Waals surface area contributed by atoms with Crippen molar-refractivity contribution in [2.24, 2.45) is 0 Å². The normalized spacial score (nSPS) is 30.8. The number of alkyl halides is 1. The molecule has 1 aromatic carbocycles. The number of halogens is 2. The maximum Gasteiger partial charge on any atom is 0.123 e. The van der Waals surface area contributed by atoms with Gasteiger partial charge in [-0.2, -0.15) is 0 Å². The predicted molar refractivity (Wildman–Crippen MR) is 62.0 cm³/mol. The van der Waals surface area contributed by atoms with Crippen molar-refractivity contribution < 1.29 is 4.39 Å². The van der Waals surface area contributed by atoms with Gasteiger partial charge in [0.1, 0.15) is 5.82 Å². The molecule has 2 atom stereocenters. The molecule has 0 amide bonds. The van der Waals surface area contributed by atoms with E-state index in [0.717, 1.165) is 24.8 Å². The highest BCUT2D eigenvalue weighted by Crippen LogP contribution is 2.44. The smallest absolute Gasteiger partial charge is 0.123 e. The van der Waals surface area contributed by atoms with E-state index in [1.807, 2.05) is 13.0 Å². The van der Waals surface area contributed by atoms with Crippen LogP contribution in [0.2, 0.25) is 0 Å². The van der Waals surface area contributed by atoms with E-state index in [1.165, 1.54) is 11.6 Å². The molecular formula is C13H16ClF. The van der Waals surface area contributed by atoms with Crippen LogP contribution >= 0.6 is 11.6 Å². The van der Waals surface area contributed by atoms with Crippen LogP contribution in [0.3, 0.4) is 0 Å². The first-order valence-electron chi connectivity index (χ1n) is 5.42. The summed E-state index contributed by atoms with van der Waals surface area (Å²) >= 11 is 6.14. The summed E-state index contributed by atoms with van der Waals surface area (Å²) in [6.45, 7) is 4.23. The van der Waals surface area contributed by atoms with Gasteiger partial charge in [-0.15, -0.1) is 11.6 Å². The first kappa shape index (κ1) is 10.9. The van der Waals surface area contributed by atoms with Crippen LogP contribution in [0.25, 0.3) is 0 Å². The van der Waals surface area contributed by atoms with Crippen LogP contribution in [0, 0.1) is 12.7 Å². The summed E-state index contributed by atoms with van der Waals surface area (Å²) in [5, 5.41) is 0.248. The Morgan fingerprint density at radius 3 is 2.80 bits per heavy atom. The molecule has 0 N–H and O–H groups in total. The molecule has 0 bridgehead atoms. The lowest BCUT2D eigenvalue weighted by Crippen LogP contribution is -2.19. The second-order valence-corrected chi connectivity index (χ2v) is 5.48. The number of aryl methyl sites for hydroxylation is 1. The molecule has 15 heavy (non-hydrogen) atoms. The standard InChI is InChI=1S/C13H16ClF/c1-9-3-4-11(15)7-12(9)13(2)6-5-10(14)8-13/h3-4,7,10H,5-6,8H2,1-2H3. The summed E-state index contributed by atoms with van der Waals surface area (Å²) in [5.74, 6) is -0.144. The van der Waals surface area contributed by atoms with Crippen LogP contribution in [0.1, 0.15) is 37.3 Å². The molecule has 1 aliphatic rings. The number of hydrogen-bond acceptors (Lipinski definition) is 0. The van der Waals surface area contributed by atoms with Crippen LogP contribution in [0.5, 0.6) is 0 Å². The Labute approximate surface area is 95.4 Å². The van der Waals surface area contributed by atoms with E-state index in [-0.39, 0.29) is 16.6 Å². The van der Waals surface area contributed by atoms with Gasteiger partial charge in [-0.3, -0.25) is 0 Å². The van der Waals surface area contributed by atoms with Crippen molar-refractivity contribution in [2.75, 3.05) is 0 Å². The van der Waals surface area contributed by atoms with Crippen LogP contribution in [0.15, 0.2) is 18.2 Å². The molecule has 0 nitrogen and oxygen atoms in total. The van der Waals surface area contributed by atoms with Crippen molar-refractivity contribution >= 4 is 11.6 Å². The Hall–Kier alpha value is -0.560. The molecule has 1 aromatic rings. The van der Waals surface area contributed by atoms with E-state index in [1.54, 1.807) is 6.07 Å². The molecule has 0 saturated heterocycles. The molecule has 0 aromatic heterocycles. The highest BCUT2D eigenvalue weighted by atomic mass is 35.5. The van der Waals surface area contributed by atoms with Gasteiger partial charge >= 0.3 is 0 Å². The fourth-order valence-electron chi connectivity index (χ4n) is 2.66. The van der Waals surface area contributed by atoms with Gasteiger partial charge in [0, 0.05) is 5.38 Å². The molecule has 1 aliphatic carbocycles. The third-order valence-electron chi connectivity index (χ3n) is 3.53. The zero-order valence-corrected chi connectivity index (χ0v) is 9.94. The van der Waals surface area contributed by atoms with Gasteiger partial charge < -0.3 is 0 Å². The van der Waals surface area contributed by atoms with Crippen molar-refractivity contribution in [1.82, 2.24) is 0 Å². The summed E-state index contributed by atoms with van der Waals surface area (Å²) in [6, 6.07) is 5.05. The van der Waals surface area contributed by atoms with Crippen molar-refractivity contribution in [3.8, 4) is 0 Å². The quantitative estimate of drug-likeness (QED) is 0.630. The van der Waals surface area contributed by atoms with E-state index in [9.17, 15) is 4.39 Å². The molecule has 0 aliphatic heterocycles. The third-order valence-corrected chi connectivity index (χ3v) is 3.90. The second kappa shape index (κ2) is 3.79. The zero-order chi connectivity index (χ0) is 11.1. The van der Waals surface area contributed by atoms with Crippen molar-refractivity contribution in [3.63, 3.8) is 0 Å². The minimum absolute atomic E-state index is 0.0681. The second-order valence-electron chi connectivity index (χ2n) is 4.86. The largest absolute Gasteiger partial charge is 0.207 e. The van der Waals surface area contributed by atoms with E-state index in [4.69, 9.17) is 11.6 Å². The first-order chi connectivity index (χ1) is 7.01. The number of hydrogen-bond donors (Lipinski definition) is 0. The first-order valence-corrected chi connectivity index (χ1v) is 5.86. The maximum atomic E-state index is 13.2. The van der Waals surface area contributed by atoms with Crippen molar-refractivity contribution in [2.45, 2.75) is 43.9 Å². The molecule has 0 radical (unpaired) electrons. The Morgan fingerprint density at radius 1 is 1.47 bits per heavy atom. The fraction of sp³-hybridized carbons (Fsp3) is 0.538. The van der Waals surface area contributed by atoms with Crippen molar-refractivity contribution in [3.05, 3.63) is 35.1 Å². The summed E-state index contributed by atoms with van der Waals surface area (Å²) in [7, 11) is 0. The monoisotopic (exact) mass is 226 g/mol. The molecule has 1 fully saturated rings. The lowest BCUT2D eigenvalue weighted by atomic mass is 9.79. The number of benzene rings is 1. The van der Waals surface area contributed by atoms with Gasteiger partial charge in [-0.1, -0.05) is 13.0 Å². The molecule has 82 valence electrons. The van der Waals surface area contributed by atoms with Crippen LogP contribution in [-0.2, 0) is 5.41 Å². The lowest BCUT2D eigenvalue weighted by molar-refractivity contribution is 0.484. The predicted octanol–water partition coefficient (Wildman–Crippen LogP) is 4.18. The van der Waals surface area contributed by atoms with Crippen molar-refractivity contribution in [1.29, 1.82) is 0 Å². The minimum Gasteiger partial charge on any atom is -0.207 e. The molecule has 2 rings (SSSR count). The lowest BCUT2D eigenvalue weighted by Gasteiger charge is -2.26. The summed E-state index contributed by atoms with van der Waals surface area (Å²) in [4.78, 5) is 0. The van der Waals surface area contributed by atoms with Gasteiger partial charge in [-0.25, -0.2) is 4.39 Å². The van der Waals surface area contributed by atoms with E-state index < -0.39 is 0 Å². The van der Waals surface area contributed by atoms with E-state index in [0.29, 0.717) is 0 Å². The molecule has 0 spiro atoms. The molecule has 2 heteroatoms. The highest BCUT2D eigenvalue weighted by Gasteiger charge is 2.36. The Bertz CT molecular complexity index is 375. The zero-order valence-electron chi connectivity index (χ0n) is 9.19. The molecular weight excluding hydrogens is 211 g/mol. The Kier molecular flexibility index (Phi) is 2.76. The van der Waals surface area contributed by atoms with Gasteiger partial charge in [0.2, 0.25) is 0 Å². The van der Waals surface area contributed by atoms with Crippen LogP contribution < -0.4 is 0 Å². The van der Waals surface area contributed by atoms with E-state index in [2.05, 4.69) is 6.92 Å². The Morgan fingerprint density at radius 2 is 2.20 bits per heavy atom. The average molecular weight is 227 g/mol. The third kappa shape index (κ3) is 2.03. The summed E-state index contributed by atoms with van der Waals surface area (Å²) in [6.07, 6.45) is 3.05. The average Bonchev–Trinajstić information content (AvgIpc) is 2.52. The number of rotatable bonds is 1. The highest BCUT2D eigenvalue weighted by molar-refractivity contribution is 6.20. The maximum absolute atomic E-state index is 13.2. The van der Waals surface area contributed by atoms with Gasteiger partial charge in [0.25, 0.3) is 0 Å². The summed E-state index contributed by atoms with van der Waals surface area (Å²) in [5.41, 5.74) is 2.37. The van der Waals surface area contributed by atoms with Gasteiger partial charge in [0.05, 0.1) is 0 Å². The van der Waals surface area contributed by atoms with Gasteiger partial charge in [-0.05, 0) is 54.9 Å².